The van der Waals surface area contributed by atoms with Crippen LogP contribution in [0, 0.1) is 10.1 Å². The van der Waals surface area contributed by atoms with Crippen LogP contribution in [0.4, 0.5) is 5.69 Å². The Kier molecular flexibility index (Phi) is 3.13. The molecule has 22 heavy (non-hydrogen) atoms. The predicted molar refractivity (Wildman–Crippen MR) is 71.9 cm³/mol. The average molecular weight is 303 g/mol. The number of nitrogens with zero attached hydrogens (tertiary/aromatic N) is 4. The lowest BCUT2D eigenvalue weighted by Gasteiger charge is -2.21. The zero-order chi connectivity index (χ0) is 15.9. The summed E-state index contributed by atoms with van der Waals surface area (Å²) in [5.74, 6) is -1.06. The summed E-state index contributed by atoms with van der Waals surface area (Å²) in [6.07, 6.45) is 0.206. The molecule has 2 aromatic rings. The van der Waals surface area contributed by atoms with Crippen molar-refractivity contribution in [3.05, 3.63) is 38.7 Å². The lowest BCUT2D eigenvalue weighted by molar-refractivity contribution is -0.384. The molecule has 1 saturated heterocycles. The first-order valence-electron chi connectivity index (χ1n) is 6.35. The van der Waals surface area contributed by atoms with Crippen LogP contribution in [0.5, 0.6) is 0 Å². The van der Waals surface area contributed by atoms with Gasteiger partial charge in [-0.1, -0.05) is 5.21 Å². The summed E-state index contributed by atoms with van der Waals surface area (Å²) in [6, 6.07) is 2.67. The number of nitrogens with one attached hydrogen (secondary N) is 1. The number of piperidine rings is 1. The Bertz CT molecular complexity index is 874. The van der Waals surface area contributed by atoms with Gasteiger partial charge in [0.2, 0.25) is 5.91 Å². The van der Waals surface area contributed by atoms with Gasteiger partial charge in [-0.3, -0.25) is 29.8 Å². The zero-order valence-corrected chi connectivity index (χ0v) is 11.1. The molecule has 1 aromatic heterocycles. The van der Waals surface area contributed by atoms with Gasteiger partial charge in [0.15, 0.2) is 0 Å². The number of nitro benzene ring substituents is 1. The van der Waals surface area contributed by atoms with E-state index in [1.165, 1.54) is 12.1 Å². The van der Waals surface area contributed by atoms with Crippen LogP contribution in [0.2, 0.25) is 0 Å². The van der Waals surface area contributed by atoms with Crippen molar-refractivity contribution >= 4 is 28.4 Å². The largest absolute Gasteiger partial charge is 0.295 e. The minimum atomic E-state index is -0.957. The van der Waals surface area contributed by atoms with Gasteiger partial charge in [0.25, 0.3) is 17.2 Å². The molecule has 1 aromatic carbocycles. The summed E-state index contributed by atoms with van der Waals surface area (Å²) >= 11 is 0. The summed E-state index contributed by atoms with van der Waals surface area (Å²) in [5.41, 5.74) is -0.727. The van der Waals surface area contributed by atoms with Crippen LogP contribution >= 0.6 is 0 Å². The third kappa shape index (κ3) is 2.20. The molecule has 1 unspecified atom stereocenters. The lowest BCUT2D eigenvalue weighted by Crippen LogP contribution is -2.45. The van der Waals surface area contributed by atoms with Crippen LogP contribution in [0.25, 0.3) is 10.9 Å². The summed E-state index contributed by atoms with van der Waals surface area (Å²) < 4.78 is 0.855. The van der Waals surface area contributed by atoms with Gasteiger partial charge in [0, 0.05) is 18.6 Å². The number of carbonyl (C=O) groups is 2. The van der Waals surface area contributed by atoms with Crippen LogP contribution in [0.1, 0.15) is 18.9 Å². The highest BCUT2D eigenvalue weighted by Crippen LogP contribution is 2.19. The van der Waals surface area contributed by atoms with E-state index in [-0.39, 0.29) is 29.4 Å². The monoisotopic (exact) mass is 303 g/mol. The maximum atomic E-state index is 12.4. The number of benzene rings is 1. The van der Waals surface area contributed by atoms with Gasteiger partial charge in [0.05, 0.1) is 10.3 Å². The molecule has 112 valence electrons. The quantitative estimate of drug-likeness (QED) is 0.455. The van der Waals surface area contributed by atoms with Crippen molar-refractivity contribution in [2.45, 2.75) is 18.9 Å². The van der Waals surface area contributed by atoms with Crippen LogP contribution in [0.3, 0.4) is 0 Å². The van der Waals surface area contributed by atoms with Gasteiger partial charge >= 0.3 is 0 Å². The lowest BCUT2D eigenvalue weighted by atomic mass is 10.1. The number of aromatic nitrogens is 3. The number of carbonyl (C=O) groups excluding carboxylic acids is 2. The molecule has 1 aliphatic heterocycles. The Labute approximate surface area is 121 Å². The number of hydrogen-bond acceptors (Lipinski definition) is 7. The van der Waals surface area contributed by atoms with Crippen molar-refractivity contribution in [1.29, 1.82) is 0 Å². The molecule has 0 spiro atoms. The Balaban J connectivity index is 2.13. The summed E-state index contributed by atoms with van der Waals surface area (Å²) in [4.78, 5) is 45.5. The molecule has 10 nitrogen and oxygen atoms in total. The number of rotatable bonds is 2. The van der Waals surface area contributed by atoms with Gasteiger partial charge in [-0.2, -0.15) is 4.68 Å². The van der Waals surface area contributed by atoms with Crippen LogP contribution in [-0.2, 0) is 9.59 Å². The molecule has 10 heteroatoms. The fraction of sp³-hybridized carbons (Fsp3) is 0.250. The van der Waals surface area contributed by atoms with Crippen molar-refractivity contribution in [1.82, 2.24) is 20.3 Å². The van der Waals surface area contributed by atoms with Crippen LogP contribution in [-0.4, -0.2) is 31.7 Å². The third-order valence-corrected chi connectivity index (χ3v) is 3.38. The second-order valence-electron chi connectivity index (χ2n) is 4.76. The van der Waals surface area contributed by atoms with E-state index in [1.807, 2.05) is 0 Å². The van der Waals surface area contributed by atoms with Gasteiger partial charge in [0.1, 0.15) is 11.6 Å². The van der Waals surface area contributed by atoms with E-state index in [4.69, 9.17) is 0 Å². The van der Waals surface area contributed by atoms with Gasteiger partial charge in [-0.25, -0.2) is 0 Å². The van der Waals surface area contributed by atoms with Gasteiger partial charge in [-0.05, 0) is 12.5 Å². The fourth-order valence-corrected chi connectivity index (χ4v) is 2.28. The van der Waals surface area contributed by atoms with Crippen molar-refractivity contribution in [3.8, 4) is 0 Å². The normalized spacial score (nSPS) is 18.3. The molecule has 0 radical (unpaired) electrons. The highest BCUT2D eigenvalue weighted by Gasteiger charge is 2.30. The third-order valence-electron chi connectivity index (χ3n) is 3.38. The first-order chi connectivity index (χ1) is 10.5. The van der Waals surface area contributed by atoms with Gasteiger partial charge < -0.3 is 0 Å². The van der Waals surface area contributed by atoms with E-state index < -0.39 is 28.3 Å². The standard InChI is InChI=1S/C12H9N5O5/c18-10-4-3-9(11(19)13-10)16-12(20)7-5-6(17(21)22)1-2-8(7)14-15-16/h1-2,5,9H,3-4H2,(H,13,18,19). The Hall–Kier alpha value is -3.17. The molecule has 1 atom stereocenters. The van der Waals surface area contributed by atoms with Crippen molar-refractivity contribution < 1.29 is 14.5 Å². The molecule has 1 fully saturated rings. The predicted octanol–water partition coefficient (Wildman–Crippen LogP) is -0.323. The van der Waals surface area contributed by atoms with E-state index in [9.17, 15) is 24.5 Å². The SMILES string of the molecule is O=C1CCC(n2nnc3ccc([N+](=O)[O-])cc3c2=O)C(=O)N1. The zero-order valence-electron chi connectivity index (χ0n) is 11.1. The molecule has 0 aliphatic carbocycles. The molecule has 1 aliphatic rings. The topological polar surface area (TPSA) is 137 Å². The number of amides is 2. The second kappa shape index (κ2) is 4.98. The number of imide groups is 1. The molecule has 2 amide bonds. The highest BCUT2D eigenvalue weighted by atomic mass is 16.6. The molecule has 0 saturated carbocycles. The first-order valence-corrected chi connectivity index (χ1v) is 6.35. The number of non-ortho nitro benzene ring substituents is 1. The van der Waals surface area contributed by atoms with E-state index in [0.717, 1.165) is 10.7 Å². The second-order valence-corrected chi connectivity index (χ2v) is 4.76. The van der Waals surface area contributed by atoms with Crippen LogP contribution < -0.4 is 10.9 Å². The molecule has 3 rings (SSSR count). The summed E-state index contributed by atoms with van der Waals surface area (Å²) in [6.45, 7) is 0. The average Bonchev–Trinajstić information content (AvgIpc) is 2.48. The van der Waals surface area contributed by atoms with Crippen LogP contribution in [0.15, 0.2) is 23.0 Å². The van der Waals surface area contributed by atoms with E-state index in [0.29, 0.717) is 0 Å². The molecule has 0 bridgehead atoms. The maximum absolute atomic E-state index is 12.4. The summed E-state index contributed by atoms with van der Waals surface area (Å²) in [5, 5.41) is 20.4. The van der Waals surface area contributed by atoms with Crippen molar-refractivity contribution in [2.24, 2.45) is 0 Å². The number of hydrogen-bond donors (Lipinski definition) is 1. The van der Waals surface area contributed by atoms with Gasteiger partial charge in [-0.15, -0.1) is 5.10 Å². The molecule has 2 heterocycles. The molecular weight excluding hydrogens is 294 g/mol. The fourth-order valence-electron chi connectivity index (χ4n) is 2.28. The van der Waals surface area contributed by atoms with Crippen molar-refractivity contribution in [2.75, 3.05) is 0 Å². The van der Waals surface area contributed by atoms with E-state index in [2.05, 4.69) is 15.6 Å². The number of fused-ring (bicyclic) bond motifs is 1. The Morgan fingerprint density at radius 3 is 2.77 bits per heavy atom. The van der Waals surface area contributed by atoms with Crippen molar-refractivity contribution in [3.63, 3.8) is 0 Å². The Morgan fingerprint density at radius 1 is 1.32 bits per heavy atom. The summed E-state index contributed by atoms with van der Waals surface area (Å²) in [7, 11) is 0. The Morgan fingerprint density at radius 2 is 2.09 bits per heavy atom. The molecular formula is C12H9N5O5. The minimum Gasteiger partial charge on any atom is -0.295 e. The number of nitro groups is 1. The maximum Gasteiger partial charge on any atom is 0.278 e. The highest BCUT2D eigenvalue weighted by molar-refractivity contribution is 5.99. The first kappa shape index (κ1) is 13.8. The van der Waals surface area contributed by atoms with E-state index in [1.54, 1.807) is 0 Å². The van der Waals surface area contributed by atoms with E-state index >= 15 is 0 Å². The minimum absolute atomic E-state index is 0.00565. The smallest absolute Gasteiger partial charge is 0.278 e. The molecule has 1 N–H and O–H groups in total.